The Labute approximate surface area is 187 Å². The Morgan fingerprint density at radius 2 is 2.10 bits per heavy atom. The van der Waals surface area contributed by atoms with E-state index in [0.29, 0.717) is 6.61 Å². The van der Waals surface area contributed by atoms with Gasteiger partial charge in [-0.2, -0.15) is 0 Å². The summed E-state index contributed by atoms with van der Waals surface area (Å²) in [6.45, 7) is 2.30. The molecule has 0 amide bonds. The number of hydrogen-bond donors (Lipinski definition) is 0. The van der Waals surface area contributed by atoms with Crippen LogP contribution in [0.3, 0.4) is 0 Å². The Morgan fingerprint density at radius 1 is 1.30 bits per heavy atom. The van der Waals surface area contributed by atoms with Gasteiger partial charge in [0.1, 0.15) is 28.4 Å². The Kier molecular flexibility index (Phi) is 6.94. The molecule has 6 atom stereocenters. The molecule has 2 saturated heterocycles. The van der Waals surface area contributed by atoms with E-state index < -0.39 is 30.0 Å². The van der Waals surface area contributed by atoms with Gasteiger partial charge in [-0.1, -0.05) is 47.2 Å². The van der Waals surface area contributed by atoms with E-state index in [1.807, 2.05) is 43.3 Å². The first kappa shape index (κ1) is 21.6. The molecule has 10 heteroatoms. The van der Waals surface area contributed by atoms with Crippen molar-refractivity contribution in [3.8, 4) is 0 Å². The van der Waals surface area contributed by atoms with Crippen LogP contribution in [0.5, 0.6) is 0 Å². The van der Waals surface area contributed by atoms with Gasteiger partial charge >= 0.3 is 0 Å². The summed E-state index contributed by atoms with van der Waals surface area (Å²) in [6, 6.07) is 11.1. The molecule has 3 heterocycles. The second-order valence-electron chi connectivity index (χ2n) is 7.03. The minimum atomic E-state index is -0.567. The fraction of sp³-hybridized carbons (Fsp3) is 0.450. The van der Waals surface area contributed by atoms with Gasteiger partial charge in [0.25, 0.3) is 0 Å². The highest BCUT2D eigenvalue weighted by atomic mass is 79.9. The van der Waals surface area contributed by atoms with Gasteiger partial charge in [-0.3, -0.25) is 0 Å². The number of benzene rings is 1. The molecule has 4 rings (SSSR count). The van der Waals surface area contributed by atoms with Gasteiger partial charge in [0.15, 0.2) is 6.29 Å². The van der Waals surface area contributed by atoms with Crippen molar-refractivity contribution in [3.05, 3.63) is 68.8 Å². The number of rotatable bonds is 5. The molecular weight excluding hydrogens is 472 g/mol. The molecule has 0 N–H and O–H groups in total. The molecule has 158 valence electrons. The van der Waals surface area contributed by atoms with E-state index >= 15 is 0 Å². The summed E-state index contributed by atoms with van der Waals surface area (Å²) in [4.78, 5) is 8.32. The molecular formula is C20H21BrN4O4S. The highest BCUT2D eigenvalue weighted by Crippen LogP contribution is 2.42. The maximum absolute atomic E-state index is 9.21. The summed E-state index contributed by atoms with van der Waals surface area (Å²) < 4.78 is 24.9. The van der Waals surface area contributed by atoms with Crippen molar-refractivity contribution in [2.24, 2.45) is 5.11 Å². The first-order chi connectivity index (χ1) is 14.6. The first-order valence-electron chi connectivity index (χ1n) is 9.44. The third kappa shape index (κ3) is 4.50. The summed E-state index contributed by atoms with van der Waals surface area (Å²) in [6.07, 6.45) is -0.144. The predicted octanol–water partition coefficient (Wildman–Crippen LogP) is 4.78. The smallest absolute Gasteiger partial charge is 0.184 e. The van der Waals surface area contributed by atoms with Crippen molar-refractivity contribution in [1.82, 2.24) is 4.98 Å². The van der Waals surface area contributed by atoms with Crippen LogP contribution >= 0.6 is 27.7 Å². The van der Waals surface area contributed by atoms with Crippen LogP contribution in [0.15, 0.2) is 57.2 Å². The van der Waals surface area contributed by atoms with Crippen LogP contribution in [0.25, 0.3) is 10.4 Å². The highest BCUT2D eigenvalue weighted by Gasteiger charge is 2.50. The second kappa shape index (κ2) is 9.65. The normalized spacial score (nSPS) is 30.9. The Morgan fingerprint density at radius 3 is 2.83 bits per heavy atom. The van der Waals surface area contributed by atoms with Crippen molar-refractivity contribution in [3.63, 3.8) is 0 Å². The van der Waals surface area contributed by atoms with Crippen LogP contribution in [0.2, 0.25) is 0 Å². The maximum Gasteiger partial charge on any atom is 0.184 e. The molecule has 2 aromatic rings. The van der Waals surface area contributed by atoms with E-state index in [-0.39, 0.29) is 6.10 Å². The number of aromatic nitrogens is 1. The molecule has 2 aliphatic rings. The molecule has 1 aromatic heterocycles. The quantitative estimate of drug-likeness (QED) is 0.257. The Bertz CT molecular complexity index is 930. The van der Waals surface area contributed by atoms with Gasteiger partial charge < -0.3 is 18.9 Å². The van der Waals surface area contributed by atoms with Gasteiger partial charge in [0.2, 0.25) is 0 Å². The molecule has 0 aliphatic carbocycles. The lowest BCUT2D eigenvalue weighted by Gasteiger charge is -2.47. The van der Waals surface area contributed by atoms with Crippen molar-refractivity contribution in [2.45, 2.75) is 47.9 Å². The number of halogens is 1. The number of nitrogens with zero attached hydrogens (tertiary/aromatic N) is 4. The van der Waals surface area contributed by atoms with Gasteiger partial charge in [-0.05, 0) is 40.0 Å². The zero-order chi connectivity index (χ0) is 21.1. The number of methoxy groups -OCH3 is 1. The SMILES string of the molecule is COC1[C@@H](Sc2cc(C)cnc2Br)OC2COC(c3ccccc3)O[C@@H]2[C@@H]1N=[N+]=[N-]. The fourth-order valence-electron chi connectivity index (χ4n) is 3.62. The van der Waals surface area contributed by atoms with Gasteiger partial charge in [-0.15, -0.1) is 0 Å². The fourth-order valence-corrected chi connectivity index (χ4v) is 5.37. The molecule has 0 spiro atoms. The molecule has 0 radical (unpaired) electrons. The molecule has 30 heavy (non-hydrogen) atoms. The lowest BCUT2D eigenvalue weighted by atomic mass is 9.96. The average molecular weight is 493 g/mol. The number of hydrogen-bond acceptors (Lipinski definition) is 7. The molecule has 2 aliphatic heterocycles. The molecule has 3 unspecified atom stereocenters. The number of ether oxygens (including phenoxy) is 4. The van der Waals surface area contributed by atoms with Crippen LogP contribution in [0.4, 0.5) is 0 Å². The van der Waals surface area contributed by atoms with Crippen molar-refractivity contribution >= 4 is 27.7 Å². The molecule has 8 nitrogen and oxygen atoms in total. The van der Waals surface area contributed by atoms with E-state index in [2.05, 4.69) is 30.9 Å². The number of fused-ring (bicyclic) bond motifs is 1. The average Bonchev–Trinajstić information content (AvgIpc) is 2.77. The molecule has 2 fully saturated rings. The van der Waals surface area contributed by atoms with Crippen molar-refractivity contribution in [2.75, 3.05) is 13.7 Å². The van der Waals surface area contributed by atoms with Gasteiger partial charge in [-0.25, -0.2) is 4.98 Å². The Hall–Kier alpha value is -1.65. The number of thioether (sulfide) groups is 1. The van der Waals surface area contributed by atoms with Crippen LogP contribution in [-0.2, 0) is 18.9 Å². The molecule has 0 bridgehead atoms. The first-order valence-corrected chi connectivity index (χ1v) is 11.1. The zero-order valence-electron chi connectivity index (χ0n) is 16.4. The summed E-state index contributed by atoms with van der Waals surface area (Å²) in [5.41, 5.74) is 10.7. The zero-order valence-corrected chi connectivity index (χ0v) is 18.8. The number of azide groups is 1. The monoisotopic (exact) mass is 492 g/mol. The number of aryl methyl sites for hydroxylation is 1. The second-order valence-corrected chi connectivity index (χ2v) is 8.93. The minimum absolute atomic E-state index is 0.322. The molecule has 1 aromatic carbocycles. The van der Waals surface area contributed by atoms with Crippen LogP contribution in [-0.4, -0.2) is 48.5 Å². The predicted molar refractivity (Wildman–Crippen MR) is 115 cm³/mol. The van der Waals surface area contributed by atoms with E-state index in [9.17, 15) is 5.53 Å². The largest absolute Gasteiger partial charge is 0.377 e. The van der Waals surface area contributed by atoms with Gasteiger partial charge in [0, 0.05) is 28.7 Å². The van der Waals surface area contributed by atoms with Crippen molar-refractivity contribution < 1.29 is 18.9 Å². The van der Waals surface area contributed by atoms with E-state index in [1.165, 1.54) is 11.8 Å². The summed E-state index contributed by atoms with van der Waals surface area (Å²) >= 11 is 4.96. The molecule has 0 saturated carbocycles. The topological polar surface area (TPSA) is 98.6 Å². The summed E-state index contributed by atoms with van der Waals surface area (Å²) in [5.74, 6) is 0. The minimum Gasteiger partial charge on any atom is -0.377 e. The van der Waals surface area contributed by atoms with E-state index in [1.54, 1.807) is 13.3 Å². The highest BCUT2D eigenvalue weighted by molar-refractivity contribution is 9.10. The lowest BCUT2D eigenvalue weighted by molar-refractivity contribution is -0.298. The Balaban J connectivity index is 1.59. The third-order valence-electron chi connectivity index (χ3n) is 5.03. The van der Waals surface area contributed by atoms with Crippen LogP contribution < -0.4 is 0 Å². The van der Waals surface area contributed by atoms with Crippen molar-refractivity contribution in [1.29, 1.82) is 0 Å². The summed E-state index contributed by atoms with van der Waals surface area (Å²) in [7, 11) is 1.58. The van der Waals surface area contributed by atoms with Crippen LogP contribution in [0.1, 0.15) is 17.4 Å². The standard InChI is InChI=1S/C20H21BrN4O4S/c1-11-8-14(18(21)23-9-11)30-20-17(26-2)15(24-25-22)16-13(28-20)10-27-19(29-16)12-6-4-3-5-7-12/h3-9,13,15-17,19-20H,10H2,1-2H3/t13?,15-,16-,17?,19?,20+/m0/s1. The van der Waals surface area contributed by atoms with E-state index in [4.69, 9.17) is 18.9 Å². The third-order valence-corrected chi connectivity index (χ3v) is 7.10. The van der Waals surface area contributed by atoms with E-state index in [0.717, 1.165) is 20.6 Å². The summed E-state index contributed by atoms with van der Waals surface area (Å²) in [5, 5.41) is 4.03. The van der Waals surface area contributed by atoms with Crippen LogP contribution in [0, 0.1) is 6.92 Å². The number of pyridine rings is 1. The maximum atomic E-state index is 9.21. The van der Waals surface area contributed by atoms with Gasteiger partial charge in [0.05, 0.1) is 12.6 Å². The lowest BCUT2D eigenvalue weighted by Crippen LogP contribution is -2.60.